The molecule has 1 aromatic heterocycles. The second-order valence-electron chi connectivity index (χ2n) is 4.30. The summed E-state index contributed by atoms with van der Waals surface area (Å²) in [6.07, 6.45) is -2.14. The summed E-state index contributed by atoms with van der Waals surface area (Å²) in [5.41, 5.74) is 1.54. The highest BCUT2D eigenvalue weighted by molar-refractivity contribution is 5.20. The Morgan fingerprint density at radius 2 is 2.18 bits per heavy atom. The number of hydrogen-bond acceptors (Lipinski definition) is 2. The Balaban J connectivity index is 2.35. The Kier molecular flexibility index (Phi) is 3.42. The fraction of sp³-hybridized carbons (Fsp3) is 0.727. The Morgan fingerprint density at radius 3 is 2.82 bits per heavy atom. The number of fused-ring (bicyclic) bond motifs is 1. The summed E-state index contributed by atoms with van der Waals surface area (Å²) in [5.74, 6) is 0.568. The maximum Gasteiger partial charge on any atom is 0.406 e. The van der Waals surface area contributed by atoms with E-state index in [4.69, 9.17) is 0 Å². The summed E-state index contributed by atoms with van der Waals surface area (Å²) < 4.78 is 39.0. The molecular weight excluding hydrogens is 231 g/mol. The van der Waals surface area contributed by atoms with Crippen LogP contribution in [0.25, 0.3) is 0 Å². The van der Waals surface area contributed by atoms with E-state index in [1.165, 1.54) is 4.57 Å². The molecule has 0 spiro atoms. The van der Waals surface area contributed by atoms with Crippen molar-refractivity contribution in [3.05, 3.63) is 17.2 Å². The van der Waals surface area contributed by atoms with Crippen LogP contribution in [0.5, 0.6) is 0 Å². The molecule has 3 nitrogen and oxygen atoms in total. The third-order valence-electron chi connectivity index (χ3n) is 2.88. The molecule has 1 aliphatic rings. The lowest BCUT2D eigenvalue weighted by atomic mass is 10.2. The van der Waals surface area contributed by atoms with Gasteiger partial charge in [-0.1, -0.05) is 6.92 Å². The maximum atomic E-state index is 12.5. The third-order valence-corrected chi connectivity index (χ3v) is 2.88. The van der Waals surface area contributed by atoms with Gasteiger partial charge in [-0.05, 0) is 6.42 Å². The van der Waals surface area contributed by atoms with Gasteiger partial charge in [-0.15, -0.1) is 0 Å². The van der Waals surface area contributed by atoms with Gasteiger partial charge in [0.05, 0.1) is 5.69 Å². The fourth-order valence-corrected chi connectivity index (χ4v) is 2.21. The van der Waals surface area contributed by atoms with Crippen LogP contribution in [0.3, 0.4) is 0 Å². The molecule has 6 heteroatoms. The van der Waals surface area contributed by atoms with Crippen molar-refractivity contribution in [3.8, 4) is 0 Å². The number of aryl methyl sites for hydroxylation is 1. The van der Waals surface area contributed by atoms with Crippen molar-refractivity contribution in [2.45, 2.75) is 45.5 Å². The highest BCUT2D eigenvalue weighted by Crippen LogP contribution is 2.24. The van der Waals surface area contributed by atoms with E-state index in [1.54, 1.807) is 0 Å². The van der Waals surface area contributed by atoms with Crippen LogP contribution in [0.15, 0.2) is 0 Å². The molecule has 0 atom stereocenters. The molecule has 0 unspecified atom stereocenters. The summed E-state index contributed by atoms with van der Waals surface area (Å²) in [6, 6.07) is 0. The summed E-state index contributed by atoms with van der Waals surface area (Å²) in [5, 5.41) is 3.13. The average Bonchev–Trinajstić information content (AvgIpc) is 2.56. The molecule has 2 heterocycles. The minimum atomic E-state index is -4.18. The van der Waals surface area contributed by atoms with E-state index < -0.39 is 12.7 Å². The fourth-order valence-electron chi connectivity index (χ4n) is 2.21. The Bertz CT molecular complexity index is 395. The number of nitrogens with zero attached hydrogens (tertiary/aromatic N) is 2. The molecule has 1 N–H and O–H groups in total. The van der Waals surface area contributed by atoms with Gasteiger partial charge in [-0.25, -0.2) is 4.98 Å². The number of halogens is 3. The molecule has 0 amide bonds. The van der Waals surface area contributed by atoms with Crippen LogP contribution in [-0.2, 0) is 25.9 Å². The Hall–Kier alpha value is -1.04. The van der Waals surface area contributed by atoms with Gasteiger partial charge in [0, 0.05) is 31.6 Å². The first-order chi connectivity index (χ1) is 8.01. The molecule has 0 fully saturated rings. The van der Waals surface area contributed by atoms with Gasteiger partial charge in [0.1, 0.15) is 12.4 Å². The number of aromatic nitrogens is 2. The Morgan fingerprint density at radius 1 is 1.41 bits per heavy atom. The van der Waals surface area contributed by atoms with Crippen LogP contribution >= 0.6 is 0 Å². The van der Waals surface area contributed by atoms with Crippen LogP contribution in [0, 0.1) is 0 Å². The Labute approximate surface area is 98.0 Å². The highest BCUT2D eigenvalue weighted by Gasteiger charge is 2.31. The zero-order valence-corrected chi connectivity index (χ0v) is 9.77. The lowest BCUT2D eigenvalue weighted by molar-refractivity contribution is -0.141. The lowest BCUT2D eigenvalue weighted by Gasteiger charge is -2.17. The van der Waals surface area contributed by atoms with Gasteiger partial charge in [0.2, 0.25) is 0 Å². The predicted octanol–water partition coefficient (Wildman–Crippen LogP) is 2.04. The van der Waals surface area contributed by atoms with Crippen molar-refractivity contribution < 1.29 is 13.2 Å². The quantitative estimate of drug-likeness (QED) is 0.885. The largest absolute Gasteiger partial charge is 0.406 e. The molecule has 0 saturated heterocycles. The molecule has 0 bridgehead atoms. The monoisotopic (exact) mass is 247 g/mol. The van der Waals surface area contributed by atoms with Crippen LogP contribution in [0.2, 0.25) is 0 Å². The van der Waals surface area contributed by atoms with E-state index in [2.05, 4.69) is 10.3 Å². The topological polar surface area (TPSA) is 29.9 Å². The molecule has 96 valence electrons. The third kappa shape index (κ3) is 2.80. The van der Waals surface area contributed by atoms with E-state index in [0.29, 0.717) is 25.2 Å². The highest BCUT2D eigenvalue weighted by atomic mass is 19.4. The van der Waals surface area contributed by atoms with Crippen molar-refractivity contribution in [2.24, 2.45) is 0 Å². The van der Waals surface area contributed by atoms with E-state index in [-0.39, 0.29) is 0 Å². The van der Waals surface area contributed by atoms with Crippen molar-refractivity contribution in [1.29, 1.82) is 0 Å². The lowest BCUT2D eigenvalue weighted by Crippen LogP contribution is -2.27. The van der Waals surface area contributed by atoms with Crippen LogP contribution in [0.1, 0.15) is 30.6 Å². The molecule has 1 aromatic rings. The van der Waals surface area contributed by atoms with Gasteiger partial charge >= 0.3 is 6.18 Å². The van der Waals surface area contributed by atoms with Crippen LogP contribution in [0.4, 0.5) is 13.2 Å². The molecule has 0 aromatic carbocycles. The molecule has 2 rings (SSSR count). The minimum Gasteiger partial charge on any atom is -0.323 e. The molecule has 0 saturated carbocycles. The first-order valence-corrected chi connectivity index (χ1v) is 5.86. The van der Waals surface area contributed by atoms with E-state index in [0.717, 1.165) is 24.4 Å². The second-order valence-corrected chi connectivity index (χ2v) is 4.30. The summed E-state index contributed by atoms with van der Waals surface area (Å²) in [6.45, 7) is 2.34. The van der Waals surface area contributed by atoms with Crippen LogP contribution < -0.4 is 5.32 Å². The summed E-state index contributed by atoms with van der Waals surface area (Å²) in [7, 11) is 0. The number of alkyl halides is 3. The molecule has 0 aliphatic carbocycles. The van der Waals surface area contributed by atoms with E-state index in [9.17, 15) is 13.2 Å². The van der Waals surface area contributed by atoms with Crippen molar-refractivity contribution in [1.82, 2.24) is 14.9 Å². The van der Waals surface area contributed by atoms with Crippen molar-refractivity contribution >= 4 is 0 Å². The second kappa shape index (κ2) is 4.68. The SMILES string of the molecule is CCCc1nc2c(n1CC(F)(F)F)CCNC2. The smallest absolute Gasteiger partial charge is 0.323 e. The van der Waals surface area contributed by atoms with Gasteiger partial charge in [0.15, 0.2) is 0 Å². The van der Waals surface area contributed by atoms with Crippen molar-refractivity contribution in [2.75, 3.05) is 6.54 Å². The number of hydrogen-bond donors (Lipinski definition) is 1. The summed E-state index contributed by atoms with van der Waals surface area (Å²) >= 11 is 0. The zero-order chi connectivity index (χ0) is 12.5. The molecule has 17 heavy (non-hydrogen) atoms. The van der Waals surface area contributed by atoms with Gasteiger partial charge in [-0.3, -0.25) is 0 Å². The standard InChI is InChI=1S/C11H16F3N3/c1-2-3-10-16-8-6-15-5-4-9(8)17(10)7-11(12,13)14/h15H,2-7H2,1H3. The van der Waals surface area contributed by atoms with Gasteiger partial charge in [0.25, 0.3) is 0 Å². The zero-order valence-electron chi connectivity index (χ0n) is 9.77. The maximum absolute atomic E-state index is 12.5. The normalized spacial score (nSPS) is 16.0. The first kappa shape index (κ1) is 12.4. The van der Waals surface area contributed by atoms with E-state index in [1.807, 2.05) is 6.92 Å². The number of rotatable bonds is 3. The van der Waals surface area contributed by atoms with Crippen LogP contribution in [-0.4, -0.2) is 22.3 Å². The molecule has 0 radical (unpaired) electrons. The number of imidazole rings is 1. The van der Waals surface area contributed by atoms with Crippen molar-refractivity contribution in [3.63, 3.8) is 0 Å². The predicted molar refractivity (Wildman–Crippen MR) is 57.7 cm³/mol. The molecule has 1 aliphatic heterocycles. The number of nitrogens with one attached hydrogen (secondary N) is 1. The van der Waals surface area contributed by atoms with Gasteiger partial charge in [-0.2, -0.15) is 13.2 Å². The van der Waals surface area contributed by atoms with E-state index >= 15 is 0 Å². The van der Waals surface area contributed by atoms with Gasteiger partial charge < -0.3 is 9.88 Å². The average molecular weight is 247 g/mol. The minimum absolute atomic E-state index is 0.568. The molecular formula is C11H16F3N3. The summed E-state index contributed by atoms with van der Waals surface area (Å²) in [4.78, 5) is 4.33. The first-order valence-electron chi connectivity index (χ1n) is 5.86.